The number of nitrogens with zero attached hydrogens (tertiary/aromatic N) is 1. The zero-order valence-electron chi connectivity index (χ0n) is 7.63. The average molecular weight is 164 g/mol. The van der Waals surface area contributed by atoms with E-state index in [-0.39, 0.29) is 0 Å². The van der Waals surface area contributed by atoms with Gasteiger partial charge in [0.15, 0.2) is 6.20 Å². The lowest BCUT2D eigenvalue weighted by atomic mass is 10.1. The van der Waals surface area contributed by atoms with Crippen molar-refractivity contribution < 1.29 is 9.30 Å². The molecule has 2 heteroatoms. The zero-order chi connectivity index (χ0) is 8.55. The standard InChI is InChI=1S/C10H14NO/c1-8-6-9-4-3-5-12-10(9)11(2)7-8/h6-7H,3-5H2,1-2H3/q+1. The summed E-state index contributed by atoms with van der Waals surface area (Å²) in [6.45, 7) is 2.98. The molecule has 1 aliphatic rings. The number of hydrogen-bond acceptors (Lipinski definition) is 1. The van der Waals surface area contributed by atoms with Crippen molar-refractivity contribution in [3.8, 4) is 5.88 Å². The molecule has 12 heavy (non-hydrogen) atoms. The Morgan fingerprint density at radius 2 is 2.33 bits per heavy atom. The number of hydrogen-bond donors (Lipinski definition) is 0. The molecule has 2 nitrogen and oxygen atoms in total. The molecule has 0 bridgehead atoms. The van der Waals surface area contributed by atoms with Crippen molar-refractivity contribution in [3.63, 3.8) is 0 Å². The van der Waals surface area contributed by atoms with Gasteiger partial charge >= 0.3 is 5.88 Å². The largest absolute Gasteiger partial charge is 0.444 e. The van der Waals surface area contributed by atoms with Gasteiger partial charge in [-0.15, -0.1) is 0 Å². The van der Waals surface area contributed by atoms with Crippen LogP contribution in [0.2, 0.25) is 0 Å². The Morgan fingerprint density at radius 1 is 1.50 bits per heavy atom. The van der Waals surface area contributed by atoms with Gasteiger partial charge in [0.1, 0.15) is 7.05 Å². The van der Waals surface area contributed by atoms with E-state index in [1.165, 1.54) is 11.1 Å². The molecular formula is C10H14NO+. The Labute approximate surface area is 72.8 Å². The van der Waals surface area contributed by atoms with Gasteiger partial charge in [0.25, 0.3) is 0 Å². The summed E-state index contributed by atoms with van der Waals surface area (Å²) in [4.78, 5) is 0. The van der Waals surface area contributed by atoms with Crippen LogP contribution < -0.4 is 9.30 Å². The Kier molecular flexibility index (Phi) is 1.75. The fourth-order valence-corrected chi connectivity index (χ4v) is 1.77. The highest BCUT2D eigenvalue weighted by molar-refractivity contribution is 5.26. The first kappa shape index (κ1) is 7.59. The van der Waals surface area contributed by atoms with Crippen molar-refractivity contribution in [1.29, 1.82) is 0 Å². The van der Waals surface area contributed by atoms with E-state index in [2.05, 4.69) is 23.8 Å². The normalized spacial score (nSPS) is 15.2. The summed E-state index contributed by atoms with van der Waals surface area (Å²) in [5.41, 5.74) is 2.66. The lowest BCUT2D eigenvalue weighted by Gasteiger charge is -2.13. The highest BCUT2D eigenvalue weighted by Crippen LogP contribution is 2.20. The van der Waals surface area contributed by atoms with Gasteiger partial charge in [0.05, 0.1) is 12.2 Å². The first-order valence-electron chi connectivity index (χ1n) is 4.39. The number of aryl methyl sites for hydroxylation is 3. The molecular weight excluding hydrogens is 150 g/mol. The first-order valence-corrected chi connectivity index (χ1v) is 4.39. The van der Waals surface area contributed by atoms with Crippen LogP contribution in [0.5, 0.6) is 5.88 Å². The van der Waals surface area contributed by atoms with Gasteiger partial charge in [-0.05, 0) is 25.8 Å². The van der Waals surface area contributed by atoms with Gasteiger partial charge in [0, 0.05) is 5.56 Å². The van der Waals surface area contributed by atoms with Crippen LogP contribution in [0.25, 0.3) is 0 Å². The Balaban J connectivity index is 2.53. The van der Waals surface area contributed by atoms with E-state index in [0.717, 1.165) is 25.3 Å². The molecule has 0 radical (unpaired) electrons. The quantitative estimate of drug-likeness (QED) is 0.524. The maximum absolute atomic E-state index is 5.57. The molecule has 0 aliphatic carbocycles. The van der Waals surface area contributed by atoms with Gasteiger partial charge in [-0.25, -0.2) is 0 Å². The van der Waals surface area contributed by atoms with E-state index in [9.17, 15) is 0 Å². The third-order valence-electron chi connectivity index (χ3n) is 2.22. The van der Waals surface area contributed by atoms with E-state index in [0.29, 0.717) is 0 Å². The molecule has 2 heterocycles. The second kappa shape index (κ2) is 2.77. The number of rotatable bonds is 0. The molecule has 0 fully saturated rings. The Bertz CT molecular complexity index is 307. The Hall–Kier alpha value is -1.05. The molecule has 0 atom stereocenters. The van der Waals surface area contributed by atoms with Crippen molar-refractivity contribution in [2.75, 3.05) is 6.61 Å². The van der Waals surface area contributed by atoms with E-state index in [1.54, 1.807) is 0 Å². The minimum absolute atomic E-state index is 0.865. The molecule has 64 valence electrons. The third kappa shape index (κ3) is 1.17. The molecule has 0 amide bonds. The monoisotopic (exact) mass is 164 g/mol. The molecule has 2 rings (SSSR count). The lowest BCUT2D eigenvalue weighted by molar-refractivity contribution is -0.678. The van der Waals surface area contributed by atoms with Crippen molar-refractivity contribution in [2.45, 2.75) is 19.8 Å². The maximum Gasteiger partial charge on any atom is 0.370 e. The smallest absolute Gasteiger partial charge is 0.370 e. The first-order chi connectivity index (χ1) is 5.77. The summed E-state index contributed by atoms with van der Waals surface area (Å²) in [6, 6.07) is 2.22. The van der Waals surface area contributed by atoms with Crippen LogP contribution in [-0.2, 0) is 13.5 Å². The van der Waals surface area contributed by atoms with Crippen molar-refractivity contribution >= 4 is 0 Å². The SMILES string of the molecule is Cc1cc2c([n+](C)c1)OCCC2. The van der Waals surface area contributed by atoms with E-state index in [1.807, 2.05) is 7.05 Å². The Morgan fingerprint density at radius 3 is 3.17 bits per heavy atom. The summed E-state index contributed by atoms with van der Waals surface area (Å²) in [6.07, 6.45) is 4.41. The molecule has 0 aromatic carbocycles. The number of pyridine rings is 1. The summed E-state index contributed by atoms with van der Waals surface area (Å²) in [5, 5.41) is 0. The highest BCUT2D eigenvalue weighted by atomic mass is 16.5. The summed E-state index contributed by atoms with van der Waals surface area (Å²) >= 11 is 0. The lowest BCUT2D eigenvalue weighted by Crippen LogP contribution is -2.34. The second-order valence-electron chi connectivity index (χ2n) is 3.41. The van der Waals surface area contributed by atoms with Crippen LogP contribution in [0.15, 0.2) is 12.3 Å². The minimum atomic E-state index is 0.865. The highest BCUT2D eigenvalue weighted by Gasteiger charge is 2.19. The number of aromatic nitrogens is 1. The van der Waals surface area contributed by atoms with E-state index >= 15 is 0 Å². The van der Waals surface area contributed by atoms with Crippen LogP contribution in [0, 0.1) is 6.92 Å². The predicted octanol–water partition coefficient (Wildman–Crippen LogP) is 1.14. The molecule has 1 aliphatic heterocycles. The van der Waals surface area contributed by atoms with Crippen LogP contribution in [0.4, 0.5) is 0 Å². The third-order valence-corrected chi connectivity index (χ3v) is 2.22. The summed E-state index contributed by atoms with van der Waals surface area (Å²) < 4.78 is 7.65. The molecule has 0 saturated carbocycles. The maximum atomic E-state index is 5.57. The van der Waals surface area contributed by atoms with Gasteiger partial charge in [-0.1, -0.05) is 0 Å². The number of ether oxygens (including phenoxy) is 1. The summed E-state index contributed by atoms with van der Waals surface area (Å²) in [7, 11) is 2.04. The zero-order valence-corrected chi connectivity index (χ0v) is 7.63. The molecule has 0 N–H and O–H groups in total. The van der Waals surface area contributed by atoms with Crippen molar-refractivity contribution in [2.24, 2.45) is 7.05 Å². The van der Waals surface area contributed by atoms with Crippen LogP contribution >= 0.6 is 0 Å². The minimum Gasteiger partial charge on any atom is -0.444 e. The van der Waals surface area contributed by atoms with Gasteiger partial charge in [-0.2, -0.15) is 4.57 Å². The molecule has 0 unspecified atom stereocenters. The van der Waals surface area contributed by atoms with Crippen molar-refractivity contribution in [3.05, 3.63) is 23.4 Å². The second-order valence-corrected chi connectivity index (χ2v) is 3.41. The van der Waals surface area contributed by atoms with Gasteiger partial charge in [-0.3, -0.25) is 0 Å². The molecule has 0 saturated heterocycles. The average Bonchev–Trinajstić information content (AvgIpc) is 2.04. The molecule has 1 aromatic rings. The van der Waals surface area contributed by atoms with Crippen LogP contribution in [0.3, 0.4) is 0 Å². The van der Waals surface area contributed by atoms with Crippen LogP contribution in [-0.4, -0.2) is 6.61 Å². The predicted molar refractivity (Wildman–Crippen MR) is 46.2 cm³/mol. The fourth-order valence-electron chi connectivity index (χ4n) is 1.77. The van der Waals surface area contributed by atoms with E-state index < -0.39 is 0 Å². The molecule has 1 aromatic heterocycles. The fraction of sp³-hybridized carbons (Fsp3) is 0.500. The van der Waals surface area contributed by atoms with Gasteiger partial charge < -0.3 is 4.74 Å². The van der Waals surface area contributed by atoms with Crippen molar-refractivity contribution in [1.82, 2.24) is 0 Å². The summed E-state index contributed by atoms with van der Waals surface area (Å²) in [5.74, 6) is 1.05. The number of fused-ring (bicyclic) bond motifs is 1. The topological polar surface area (TPSA) is 13.1 Å². The molecule has 0 spiro atoms. The van der Waals surface area contributed by atoms with Crippen LogP contribution in [0.1, 0.15) is 17.5 Å². The van der Waals surface area contributed by atoms with Gasteiger partial charge in [0.2, 0.25) is 0 Å². The van der Waals surface area contributed by atoms with E-state index in [4.69, 9.17) is 4.74 Å².